The first-order valence-corrected chi connectivity index (χ1v) is 17.2. The fraction of sp³-hybridized carbons (Fsp3) is 1.00. The van der Waals surface area contributed by atoms with Gasteiger partial charge in [0.05, 0.1) is 0 Å². The van der Waals surface area contributed by atoms with Gasteiger partial charge in [-0.05, 0) is 52.2 Å². The van der Waals surface area contributed by atoms with Crippen molar-refractivity contribution in [3.63, 3.8) is 0 Å². The Morgan fingerprint density at radius 1 is 0.947 bits per heavy atom. The van der Waals surface area contributed by atoms with Crippen LogP contribution >= 0.6 is 0 Å². The third-order valence-electron chi connectivity index (χ3n) is 2.33. The van der Waals surface area contributed by atoms with Gasteiger partial charge in [0.2, 0.25) is 0 Å². The molecule has 0 aliphatic heterocycles. The Morgan fingerprint density at radius 3 is 1.42 bits per heavy atom. The summed E-state index contributed by atoms with van der Waals surface area (Å²) in [7, 11) is -11.1. The first kappa shape index (κ1) is 19.5. The van der Waals surface area contributed by atoms with E-state index in [2.05, 4.69) is 0 Å². The molecule has 0 aromatic rings. The molecule has 19 heavy (non-hydrogen) atoms. The molecule has 0 saturated heterocycles. The highest BCUT2D eigenvalue weighted by Crippen LogP contribution is 2.28. The Kier molecular flexibility index (Phi) is 6.23. The van der Waals surface area contributed by atoms with Gasteiger partial charge in [0.25, 0.3) is 10.1 Å². The fourth-order valence-electron chi connectivity index (χ4n) is 2.22. The minimum Gasteiger partial charge on any atom is -0.436 e. The topological polar surface area (TPSA) is 72.8 Å². The Balaban J connectivity index is 5.61. The fourth-order valence-corrected chi connectivity index (χ4v) is 17.7. The SMILES string of the molecule is CCC([Si](C)(O[Si](C)(C)C)O[Si](C)(C)C)S(=O)(=O)O. The van der Waals surface area contributed by atoms with Crippen LogP contribution in [-0.4, -0.2) is 43.0 Å². The highest BCUT2D eigenvalue weighted by Gasteiger charge is 2.51. The summed E-state index contributed by atoms with van der Waals surface area (Å²) < 4.78 is 45.0. The van der Waals surface area contributed by atoms with Crippen LogP contribution < -0.4 is 0 Å². The molecule has 0 radical (unpaired) electrons. The van der Waals surface area contributed by atoms with Crippen molar-refractivity contribution in [3.05, 3.63) is 0 Å². The first-order chi connectivity index (χ1) is 8.11. The van der Waals surface area contributed by atoms with E-state index in [4.69, 9.17) is 8.23 Å². The molecule has 1 N–H and O–H groups in total. The monoisotopic (exact) mass is 344 g/mol. The smallest absolute Gasteiger partial charge is 0.335 e. The minimum absolute atomic E-state index is 0.302. The van der Waals surface area contributed by atoms with Gasteiger partial charge in [0.1, 0.15) is 4.87 Å². The predicted octanol–water partition coefficient (Wildman–Crippen LogP) is 2.97. The summed E-state index contributed by atoms with van der Waals surface area (Å²) in [4.78, 5) is -0.932. The average Bonchev–Trinajstić information content (AvgIpc) is 1.91. The number of rotatable bonds is 7. The van der Waals surface area contributed by atoms with Gasteiger partial charge < -0.3 is 8.23 Å². The van der Waals surface area contributed by atoms with Gasteiger partial charge in [0, 0.05) is 0 Å². The van der Waals surface area contributed by atoms with Crippen molar-refractivity contribution in [2.75, 3.05) is 0 Å². The van der Waals surface area contributed by atoms with Crippen LogP contribution in [-0.2, 0) is 18.3 Å². The summed E-state index contributed by atoms with van der Waals surface area (Å²) in [6, 6.07) is 0. The molecule has 9 heteroatoms. The lowest BCUT2D eigenvalue weighted by Gasteiger charge is -2.41. The van der Waals surface area contributed by atoms with Crippen molar-refractivity contribution in [2.24, 2.45) is 0 Å². The summed E-state index contributed by atoms with van der Waals surface area (Å²) in [5, 5.41) is 0. The lowest BCUT2D eigenvalue weighted by molar-refractivity contribution is 0.370. The maximum atomic E-state index is 11.6. The minimum atomic E-state index is -4.16. The molecule has 116 valence electrons. The summed E-state index contributed by atoms with van der Waals surface area (Å²) in [5.41, 5.74) is 0. The van der Waals surface area contributed by atoms with E-state index in [1.54, 1.807) is 13.5 Å². The second-order valence-electron chi connectivity index (χ2n) is 6.86. The summed E-state index contributed by atoms with van der Waals surface area (Å²) in [6.07, 6.45) is 0.302. The van der Waals surface area contributed by atoms with Crippen LogP contribution in [0.25, 0.3) is 0 Å². The van der Waals surface area contributed by atoms with Crippen molar-refractivity contribution in [3.8, 4) is 0 Å². The van der Waals surface area contributed by atoms with E-state index in [1.807, 2.05) is 39.3 Å². The first-order valence-electron chi connectivity index (χ1n) is 6.47. The number of hydrogen-bond donors (Lipinski definition) is 1. The van der Waals surface area contributed by atoms with Gasteiger partial charge in [0.15, 0.2) is 16.6 Å². The van der Waals surface area contributed by atoms with Crippen LogP contribution in [0, 0.1) is 0 Å². The van der Waals surface area contributed by atoms with E-state index < -0.39 is 40.2 Å². The Hall–Kier alpha value is 0.481. The normalized spacial score (nSPS) is 16.5. The molecule has 0 rings (SSSR count). The van der Waals surface area contributed by atoms with Gasteiger partial charge in [-0.1, -0.05) is 6.92 Å². The zero-order chi connectivity index (χ0) is 15.7. The molecule has 0 saturated carbocycles. The van der Waals surface area contributed by atoms with E-state index >= 15 is 0 Å². The summed E-state index contributed by atoms with van der Waals surface area (Å²) >= 11 is 0. The van der Waals surface area contributed by atoms with E-state index in [9.17, 15) is 13.0 Å². The zero-order valence-electron chi connectivity index (χ0n) is 13.3. The van der Waals surface area contributed by atoms with E-state index in [-0.39, 0.29) is 0 Å². The van der Waals surface area contributed by atoms with Crippen molar-refractivity contribution >= 4 is 35.3 Å². The molecule has 0 aliphatic rings. The van der Waals surface area contributed by atoms with Gasteiger partial charge in [-0.2, -0.15) is 8.42 Å². The zero-order valence-corrected chi connectivity index (χ0v) is 17.1. The molecule has 0 amide bonds. The maximum absolute atomic E-state index is 11.6. The Morgan fingerprint density at radius 2 is 1.26 bits per heavy atom. The van der Waals surface area contributed by atoms with Crippen LogP contribution in [0.4, 0.5) is 0 Å². The van der Waals surface area contributed by atoms with E-state index in [0.29, 0.717) is 6.42 Å². The van der Waals surface area contributed by atoms with Gasteiger partial charge >= 0.3 is 8.56 Å². The molecule has 1 unspecified atom stereocenters. The van der Waals surface area contributed by atoms with E-state index in [0.717, 1.165) is 0 Å². The van der Waals surface area contributed by atoms with Crippen LogP contribution in [0.5, 0.6) is 0 Å². The summed E-state index contributed by atoms with van der Waals surface area (Å²) in [5.74, 6) is 0. The molecule has 0 bridgehead atoms. The average molecular weight is 345 g/mol. The molecule has 0 heterocycles. The third kappa shape index (κ3) is 7.16. The molecule has 0 aromatic carbocycles. The van der Waals surface area contributed by atoms with Gasteiger partial charge in [-0.25, -0.2) is 0 Å². The van der Waals surface area contributed by atoms with Crippen LogP contribution in [0.3, 0.4) is 0 Å². The molecule has 0 spiro atoms. The largest absolute Gasteiger partial charge is 0.436 e. The van der Waals surface area contributed by atoms with Crippen molar-refractivity contribution in [2.45, 2.75) is 64.0 Å². The predicted molar refractivity (Wildman–Crippen MR) is 86.1 cm³/mol. The highest BCUT2D eigenvalue weighted by molar-refractivity contribution is 7.88. The molecule has 0 aromatic heterocycles. The number of hydrogen-bond acceptors (Lipinski definition) is 4. The Labute approximate surface area is 121 Å². The van der Waals surface area contributed by atoms with Crippen molar-refractivity contribution in [1.82, 2.24) is 0 Å². The maximum Gasteiger partial charge on any atom is 0.335 e. The quantitative estimate of drug-likeness (QED) is 0.568. The van der Waals surface area contributed by atoms with Crippen LogP contribution in [0.1, 0.15) is 13.3 Å². The summed E-state index contributed by atoms with van der Waals surface area (Å²) in [6.45, 7) is 15.5. The van der Waals surface area contributed by atoms with Gasteiger partial charge in [-0.3, -0.25) is 4.55 Å². The highest BCUT2D eigenvalue weighted by atomic mass is 32.2. The standard InChI is InChI=1S/C10H28O5SSi3/c1-9-10(16(11,12)13)19(8,14-17(2,3)4)15-18(5,6)7/h10H,9H2,1-8H3,(H,11,12,13). The van der Waals surface area contributed by atoms with Crippen LogP contribution in [0.15, 0.2) is 0 Å². The molecule has 0 aliphatic carbocycles. The van der Waals surface area contributed by atoms with Crippen molar-refractivity contribution < 1.29 is 21.2 Å². The molecular weight excluding hydrogens is 316 g/mol. The van der Waals surface area contributed by atoms with Crippen LogP contribution in [0.2, 0.25) is 45.8 Å². The molecule has 5 nitrogen and oxygen atoms in total. The molecule has 1 atom stereocenters. The molecule has 0 fully saturated rings. The third-order valence-corrected chi connectivity index (χ3v) is 15.3. The molecular formula is C10H28O5SSi3. The second kappa shape index (κ2) is 6.08. The van der Waals surface area contributed by atoms with Crippen molar-refractivity contribution in [1.29, 1.82) is 0 Å². The van der Waals surface area contributed by atoms with Gasteiger partial charge in [-0.15, -0.1) is 0 Å². The second-order valence-corrected chi connectivity index (χ2v) is 21.7. The Bertz CT molecular complexity index is 380. The van der Waals surface area contributed by atoms with E-state index in [1.165, 1.54) is 0 Å². The lowest BCUT2D eigenvalue weighted by Crippen LogP contribution is -2.61. The lowest BCUT2D eigenvalue weighted by atomic mass is 10.6.